The minimum Gasteiger partial charge on any atom is -0.357 e. The van der Waals surface area contributed by atoms with Crippen LogP contribution in [0, 0.1) is 5.92 Å². The van der Waals surface area contributed by atoms with Gasteiger partial charge in [0.2, 0.25) is 5.88 Å². The van der Waals surface area contributed by atoms with Crippen LogP contribution < -0.4 is 5.32 Å². The number of anilines is 1. The third-order valence-corrected chi connectivity index (χ3v) is 3.95. The maximum absolute atomic E-state index is 5.34. The van der Waals surface area contributed by atoms with Gasteiger partial charge in [-0.25, -0.2) is 0 Å². The fourth-order valence-corrected chi connectivity index (χ4v) is 2.93. The lowest BCUT2D eigenvalue weighted by Gasteiger charge is -2.28. The monoisotopic (exact) mass is 242 g/mol. The molecule has 18 heavy (non-hydrogen) atoms. The zero-order valence-corrected chi connectivity index (χ0v) is 10.8. The lowest BCUT2D eigenvalue weighted by molar-refractivity contribution is 0.403. The highest BCUT2D eigenvalue weighted by Gasteiger charge is 2.31. The minimum absolute atomic E-state index is 0.550. The highest BCUT2D eigenvalue weighted by molar-refractivity contribution is 5.45. The highest BCUT2D eigenvalue weighted by atomic mass is 16.5. The van der Waals surface area contributed by atoms with E-state index in [1.165, 1.54) is 11.1 Å². The molecule has 3 rings (SSSR count). The zero-order valence-electron chi connectivity index (χ0n) is 10.8. The number of aromatic nitrogens is 1. The summed E-state index contributed by atoms with van der Waals surface area (Å²) in [5, 5.41) is 7.28. The van der Waals surface area contributed by atoms with Crippen molar-refractivity contribution in [2.75, 3.05) is 12.4 Å². The van der Waals surface area contributed by atoms with Crippen LogP contribution in [-0.2, 0) is 12.8 Å². The summed E-state index contributed by atoms with van der Waals surface area (Å²) in [5.74, 6) is 2.00. The van der Waals surface area contributed by atoms with E-state index in [4.69, 9.17) is 4.52 Å². The van der Waals surface area contributed by atoms with E-state index < -0.39 is 0 Å². The van der Waals surface area contributed by atoms with Gasteiger partial charge in [-0.1, -0.05) is 42.4 Å². The molecule has 0 aliphatic heterocycles. The Morgan fingerprint density at radius 1 is 1.22 bits per heavy atom. The first-order valence-electron chi connectivity index (χ1n) is 6.49. The van der Waals surface area contributed by atoms with Crippen molar-refractivity contribution < 1.29 is 4.52 Å². The standard InChI is InChI=1S/C15H18N2O/c1-10-8-13-14(17-18-15(13)16-2)9-12(10)11-6-4-3-5-7-11/h3-7,10,12,16H,8-9H2,1-2H3. The predicted molar refractivity (Wildman–Crippen MR) is 71.8 cm³/mol. The van der Waals surface area contributed by atoms with Crippen molar-refractivity contribution in [1.82, 2.24) is 5.16 Å². The van der Waals surface area contributed by atoms with Crippen LogP contribution in [0.1, 0.15) is 29.7 Å². The summed E-state index contributed by atoms with van der Waals surface area (Å²) in [6.45, 7) is 2.31. The molecule has 2 atom stereocenters. The predicted octanol–water partition coefficient (Wildman–Crippen LogP) is 3.23. The fraction of sp³-hybridized carbons (Fsp3) is 0.400. The van der Waals surface area contributed by atoms with E-state index in [0.29, 0.717) is 11.8 Å². The second-order valence-electron chi connectivity index (χ2n) is 5.09. The van der Waals surface area contributed by atoms with Crippen molar-refractivity contribution in [3.05, 3.63) is 47.2 Å². The molecule has 1 aliphatic rings. The van der Waals surface area contributed by atoms with Gasteiger partial charge in [0.1, 0.15) is 0 Å². The molecule has 1 N–H and O–H groups in total. The van der Waals surface area contributed by atoms with Gasteiger partial charge in [-0.3, -0.25) is 0 Å². The summed E-state index contributed by atoms with van der Waals surface area (Å²) < 4.78 is 5.34. The maximum Gasteiger partial charge on any atom is 0.227 e. The first kappa shape index (κ1) is 11.3. The molecule has 3 heteroatoms. The average Bonchev–Trinajstić information content (AvgIpc) is 2.80. The van der Waals surface area contributed by atoms with Gasteiger partial charge < -0.3 is 9.84 Å². The molecule has 0 fully saturated rings. The number of hydrogen-bond donors (Lipinski definition) is 1. The molecule has 1 heterocycles. The first-order valence-corrected chi connectivity index (χ1v) is 6.49. The van der Waals surface area contributed by atoms with Gasteiger partial charge in [-0.15, -0.1) is 0 Å². The van der Waals surface area contributed by atoms with Crippen LogP contribution in [0.3, 0.4) is 0 Å². The lowest BCUT2D eigenvalue weighted by atomic mass is 9.76. The van der Waals surface area contributed by atoms with Crippen molar-refractivity contribution in [2.24, 2.45) is 5.92 Å². The van der Waals surface area contributed by atoms with E-state index in [9.17, 15) is 0 Å². The average molecular weight is 242 g/mol. The van der Waals surface area contributed by atoms with Crippen molar-refractivity contribution in [1.29, 1.82) is 0 Å². The topological polar surface area (TPSA) is 38.1 Å². The number of hydrogen-bond acceptors (Lipinski definition) is 3. The smallest absolute Gasteiger partial charge is 0.227 e. The van der Waals surface area contributed by atoms with Crippen molar-refractivity contribution in [3.8, 4) is 0 Å². The Balaban J connectivity index is 1.93. The van der Waals surface area contributed by atoms with E-state index in [-0.39, 0.29) is 0 Å². The van der Waals surface area contributed by atoms with Crippen LogP contribution in [0.25, 0.3) is 0 Å². The van der Waals surface area contributed by atoms with Crippen molar-refractivity contribution >= 4 is 5.88 Å². The Morgan fingerprint density at radius 2 is 2.00 bits per heavy atom. The summed E-state index contributed by atoms with van der Waals surface area (Å²) in [5.41, 5.74) is 3.79. The minimum atomic E-state index is 0.550. The van der Waals surface area contributed by atoms with Gasteiger partial charge in [-0.2, -0.15) is 0 Å². The number of benzene rings is 1. The molecule has 1 aromatic carbocycles. The number of nitrogens with one attached hydrogen (secondary N) is 1. The summed E-state index contributed by atoms with van der Waals surface area (Å²) in [4.78, 5) is 0. The summed E-state index contributed by atoms with van der Waals surface area (Å²) in [6.07, 6.45) is 2.01. The Labute approximate surface area is 107 Å². The molecule has 1 aromatic heterocycles. The molecule has 0 saturated heterocycles. The molecule has 2 aromatic rings. The lowest BCUT2D eigenvalue weighted by Crippen LogP contribution is -2.21. The largest absolute Gasteiger partial charge is 0.357 e. The molecule has 0 bridgehead atoms. The van der Waals surface area contributed by atoms with Gasteiger partial charge in [0.05, 0.1) is 5.69 Å². The molecular formula is C15H18N2O. The summed E-state index contributed by atoms with van der Waals surface area (Å²) >= 11 is 0. The van der Waals surface area contributed by atoms with Crippen molar-refractivity contribution in [2.45, 2.75) is 25.7 Å². The number of fused-ring (bicyclic) bond motifs is 1. The van der Waals surface area contributed by atoms with E-state index in [1.54, 1.807) is 0 Å². The Hall–Kier alpha value is -1.77. The number of rotatable bonds is 2. The maximum atomic E-state index is 5.34. The van der Waals surface area contributed by atoms with Crippen LogP contribution in [0.5, 0.6) is 0 Å². The molecule has 0 radical (unpaired) electrons. The molecule has 0 amide bonds. The highest BCUT2D eigenvalue weighted by Crippen LogP contribution is 2.39. The normalized spacial score (nSPS) is 22.6. The summed E-state index contributed by atoms with van der Waals surface area (Å²) in [7, 11) is 1.88. The van der Waals surface area contributed by atoms with Gasteiger partial charge >= 0.3 is 0 Å². The zero-order chi connectivity index (χ0) is 12.5. The van der Waals surface area contributed by atoms with E-state index >= 15 is 0 Å². The third kappa shape index (κ3) is 1.80. The van der Waals surface area contributed by atoms with Crippen LogP contribution in [0.15, 0.2) is 34.9 Å². The fourth-order valence-electron chi connectivity index (χ4n) is 2.93. The third-order valence-electron chi connectivity index (χ3n) is 3.95. The second-order valence-corrected chi connectivity index (χ2v) is 5.09. The molecule has 94 valence electrons. The van der Waals surface area contributed by atoms with Gasteiger partial charge in [-0.05, 0) is 23.8 Å². The van der Waals surface area contributed by atoms with Crippen LogP contribution in [-0.4, -0.2) is 12.2 Å². The Bertz CT molecular complexity index is 533. The molecule has 0 saturated carbocycles. The molecular weight excluding hydrogens is 224 g/mol. The molecule has 2 unspecified atom stereocenters. The van der Waals surface area contributed by atoms with Gasteiger partial charge in [0.25, 0.3) is 0 Å². The second kappa shape index (κ2) is 4.48. The van der Waals surface area contributed by atoms with Gasteiger partial charge in [0, 0.05) is 19.0 Å². The SMILES string of the molecule is CNc1onc2c1CC(C)C(c1ccccc1)C2. The quantitative estimate of drug-likeness (QED) is 0.878. The van der Waals surface area contributed by atoms with Gasteiger partial charge in [0.15, 0.2) is 0 Å². The molecule has 3 nitrogen and oxygen atoms in total. The van der Waals surface area contributed by atoms with Crippen LogP contribution in [0.4, 0.5) is 5.88 Å². The van der Waals surface area contributed by atoms with E-state index in [0.717, 1.165) is 24.4 Å². The summed E-state index contributed by atoms with van der Waals surface area (Å²) in [6, 6.07) is 10.7. The van der Waals surface area contributed by atoms with E-state index in [1.807, 2.05) is 7.05 Å². The molecule has 0 spiro atoms. The van der Waals surface area contributed by atoms with Crippen molar-refractivity contribution in [3.63, 3.8) is 0 Å². The van der Waals surface area contributed by atoms with Crippen LogP contribution >= 0.6 is 0 Å². The Morgan fingerprint density at radius 3 is 2.72 bits per heavy atom. The first-order chi connectivity index (χ1) is 8.79. The number of nitrogens with zero attached hydrogens (tertiary/aromatic N) is 1. The Kier molecular flexibility index (Phi) is 2.82. The molecule has 1 aliphatic carbocycles. The van der Waals surface area contributed by atoms with Crippen LogP contribution in [0.2, 0.25) is 0 Å². The van der Waals surface area contributed by atoms with E-state index in [2.05, 4.69) is 47.7 Å².